The third-order valence-corrected chi connectivity index (χ3v) is 4.29. The summed E-state index contributed by atoms with van der Waals surface area (Å²) in [7, 11) is 0. The molecule has 1 N–H and O–H groups in total. The van der Waals surface area contributed by atoms with Gasteiger partial charge in [0.15, 0.2) is 0 Å². The fraction of sp³-hybridized carbons (Fsp3) is 0.400. The number of carboxylic acid groups (broad SMARTS) is 1. The van der Waals surface area contributed by atoms with Gasteiger partial charge in [0, 0.05) is 17.4 Å². The van der Waals surface area contributed by atoms with Crippen LogP contribution in [0.2, 0.25) is 0 Å². The highest BCUT2D eigenvalue weighted by molar-refractivity contribution is 8.03. The summed E-state index contributed by atoms with van der Waals surface area (Å²) in [5, 5.41) is 9.24. The molecule has 19 heavy (non-hydrogen) atoms. The summed E-state index contributed by atoms with van der Waals surface area (Å²) < 4.78 is 5.42. The first-order valence-electron chi connectivity index (χ1n) is 6.28. The fourth-order valence-corrected chi connectivity index (χ4v) is 3.16. The van der Waals surface area contributed by atoms with Crippen LogP contribution in [0.4, 0.5) is 0 Å². The van der Waals surface area contributed by atoms with Crippen LogP contribution < -0.4 is 0 Å². The molecule has 1 aromatic carbocycles. The molecule has 1 saturated heterocycles. The summed E-state index contributed by atoms with van der Waals surface area (Å²) in [6.07, 6.45) is 0.959. The van der Waals surface area contributed by atoms with Gasteiger partial charge in [-0.15, -0.1) is 0 Å². The van der Waals surface area contributed by atoms with Crippen molar-refractivity contribution in [1.29, 1.82) is 0 Å². The Labute approximate surface area is 117 Å². The van der Waals surface area contributed by atoms with E-state index in [4.69, 9.17) is 4.74 Å². The first-order chi connectivity index (χ1) is 8.99. The molecule has 0 bridgehead atoms. The van der Waals surface area contributed by atoms with Crippen molar-refractivity contribution in [2.45, 2.75) is 31.1 Å². The SMILES string of the molecule is C=C(C)Sc1cc(C(=O)O)cc(C2CCOC2)c1C. The van der Waals surface area contributed by atoms with Gasteiger partial charge in [0.2, 0.25) is 0 Å². The largest absolute Gasteiger partial charge is 0.478 e. The van der Waals surface area contributed by atoms with Crippen LogP contribution in [0.15, 0.2) is 28.5 Å². The van der Waals surface area contributed by atoms with Crippen molar-refractivity contribution in [2.24, 2.45) is 0 Å². The molecule has 0 amide bonds. The Morgan fingerprint density at radius 3 is 2.79 bits per heavy atom. The predicted octanol–water partition coefficient (Wildman–Crippen LogP) is 3.82. The van der Waals surface area contributed by atoms with E-state index in [1.807, 2.05) is 13.8 Å². The summed E-state index contributed by atoms with van der Waals surface area (Å²) in [4.78, 5) is 13.2. The Morgan fingerprint density at radius 1 is 1.53 bits per heavy atom. The number of thioether (sulfide) groups is 1. The number of hydrogen-bond donors (Lipinski definition) is 1. The number of ether oxygens (including phenoxy) is 1. The molecule has 0 aromatic heterocycles. The van der Waals surface area contributed by atoms with Crippen molar-refractivity contribution in [1.82, 2.24) is 0 Å². The van der Waals surface area contributed by atoms with E-state index < -0.39 is 5.97 Å². The molecule has 0 saturated carbocycles. The van der Waals surface area contributed by atoms with Gasteiger partial charge >= 0.3 is 5.97 Å². The number of carbonyl (C=O) groups is 1. The van der Waals surface area contributed by atoms with Crippen molar-refractivity contribution in [3.05, 3.63) is 40.3 Å². The van der Waals surface area contributed by atoms with E-state index in [1.54, 1.807) is 12.1 Å². The molecule has 1 unspecified atom stereocenters. The van der Waals surface area contributed by atoms with Crippen molar-refractivity contribution < 1.29 is 14.6 Å². The first-order valence-corrected chi connectivity index (χ1v) is 7.09. The Bertz CT molecular complexity index is 516. The van der Waals surface area contributed by atoms with Gasteiger partial charge in [0.25, 0.3) is 0 Å². The molecule has 0 aliphatic carbocycles. The highest BCUT2D eigenvalue weighted by Crippen LogP contribution is 2.36. The third kappa shape index (κ3) is 3.19. The standard InChI is InChI=1S/C15H18O3S/c1-9(2)19-14-7-12(15(16)17)6-13(10(14)3)11-4-5-18-8-11/h6-7,11H,1,4-5,8H2,2-3H3,(H,16,17). The topological polar surface area (TPSA) is 46.5 Å². The van der Waals surface area contributed by atoms with E-state index >= 15 is 0 Å². The van der Waals surface area contributed by atoms with Crippen LogP contribution in [-0.2, 0) is 4.74 Å². The maximum Gasteiger partial charge on any atom is 0.335 e. The average Bonchev–Trinajstić information content (AvgIpc) is 2.84. The quantitative estimate of drug-likeness (QED) is 0.850. The van der Waals surface area contributed by atoms with E-state index in [0.717, 1.165) is 34.0 Å². The van der Waals surface area contributed by atoms with Crippen LogP contribution in [0.5, 0.6) is 0 Å². The number of carboxylic acids is 1. The molecule has 1 heterocycles. The molecule has 1 aliphatic rings. The lowest BCUT2D eigenvalue weighted by molar-refractivity contribution is 0.0696. The Balaban J connectivity index is 2.47. The summed E-state index contributed by atoms with van der Waals surface area (Å²) >= 11 is 1.53. The second-order valence-corrected chi connectivity index (χ2v) is 6.20. The molecular weight excluding hydrogens is 260 g/mol. The Hall–Kier alpha value is -1.26. The number of hydrogen-bond acceptors (Lipinski definition) is 3. The van der Waals surface area contributed by atoms with Crippen LogP contribution in [0.25, 0.3) is 0 Å². The van der Waals surface area contributed by atoms with Crippen molar-refractivity contribution in [2.75, 3.05) is 13.2 Å². The highest BCUT2D eigenvalue weighted by Gasteiger charge is 2.22. The lowest BCUT2D eigenvalue weighted by Gasteiger charge is -2.16. The zero-order valence-electron chi connectivity index (χ0n) is 11.2. The predicted molar refractivity (Wildman–Crippen MR) is 77.0 cm³/mol. The number of aromatic carboxylic acids is 1. The molecule has 3 nitrogen and oxygen atoms in total. The minimum Gasteiger partial charge on any atom is -0.478 e. The maximum atomic E-state index is 11.3. The summed E-state index contributed by atoms with van der Waals surface area (Å²) in [5.74, 6) is -0.576. The van der Waals surface area contributed by atoms with Gasteiger partial charge in [0.05, 0.1) is 12.2 Å². The zero-order valence-corrected chi connectivity index (χ0v) is 12.0. The van der Waals surface area contributed by atoms with Crippen molar-refractivity contribution in [3.63, 3.8) is 0 Å². The van der Waals surface area contributed by atoms with E-state index in [9.17, 15) is 9.90 Å². The van der Waals surface area contributed by atoms with Crippen molar-refractivity contribution in [3.8, 4) is 0 Å². The molecule has 0 spiro atoms. The van der Waals surface area contributed by atoms with Crippen molar-refractivity contribution >= 4 is 17.7 Å². The lowest BCUT2D eigenvalue weighted by atomic mass is 9.92. The molecule has 1 aromatic rings. The average molecular weight is 278 g/mol. The van der Waals surface area contributed by atoms with Gasteiger partial charge in [-0.1, -0.05) is 18.3 Å². The Morgan fingerprint density at radius 2 is 2.26 bits per heavy atom. The molecule has 4 heteroatoms. The lowest BCUT2D eigenvalue weighted by Crippen LogP contribution is -2.06. The zero-order chi connectivity index (χ0) is 14.0. The minimum absolute atomic E-state index is 0.309. The minimum atomic E-state index is -0.885. The summed E-state index contributed by atoms with van der Waals surface area (Å²) in [6, 6.07) is 3.52. The highest BCUT2D eigenvalue weighted by atomic mass is 32.2. The van der Waals surface area contributed by atoms with E-state index in [0.29, 0.717) is 18.1 Å². The van der Waals surface area contributed by atoms with E-state index in [1.165, 1.54) is 11.8 Å². The van der Waals surface area contributed by atoms with Gasteiger partial charge in [-0.25, -0.2) is 4.79 Å². The molecule has 0 radical (unpaired) electrons. The second-order valence-electron chi connectivity index (χ2n) is 4.86. The Kier molecular flexibility index (Phi) is 4.32. The van der Waals surface area contributed by atoms with E-state index in [2.05, 4.69) is 6.58 Å². The third-order valence-electron chi connectivity index (χ3n) is 3.30. The van der Waals surface area contributed by atoms with E-state index in [-0.39, 0.29) is 0 Å². The van der Waals surface area contributed by atoms with Gasteiger partial charge < -0.3 is 9.84 Å². The van der Waals surface area contributed by atoms with Gasteiger partial charge in [0.1, 0.15) is 0 Å². The summed E-state index contributed by atoms with van der Waals surface area (Å²) in [6.45, 7) is 9.29. The number of benzene rings is 1. The van der Waals surface area contributed by atoms with Gasteiger partial charge in [-0.05, 0) is 48.4 Å². The number of rotatable bonds is 4. The van der Waals surface area contributed by atoms with Gasteiger partial charge in [-0.3, -0.25) is 0 Å². The monoisotopic (exact) mass is 278 g/mol. The first kappa shape index (κ1) is 14.2. The smallest absolute Gasteiger partial charge is 0.335 e. The van der Waals surface area contributed by atoms with Crippen LogP contribution in [0.1, 0.15) is 40.7 Å². The molecule has 1 fully saturated rings. The fourth-order valence-electron chi connectivity index (χ4n) is 2.33. The van der Waals surface area contributed by atoms with Crippen LogP contribution in [0.3, 0.4) is 0 Å². The number of allylic oxidation sites excluding steroid dienone is 1. The van der Waals surface area contributed by atoms with Crippen LogP contribution in [0, 0.1) is 6.92 Å². The molecule has 1 aliphatic heterocycles. The molecular formula is C15H18O3S. The molecule has 1 atom stereocenters. The van der Waals surface area contributed by atoms with Crippen LogP contribution >= 0.6 is 11.8 Å². The second kappa shape index (κ2) is 5.80. The molecule has 102 valence electrons. The maximum absolute atomic E-state index is 11.3. The summed E-state index contributed by atoms with van der Waals surface area (Å²) in [5.41, 5.74) is 2.59. The normalized spacial score (nSPS) is 18.5. The van der Waals surface area contributed by atoms with Gasteiger partial charge in [-0.2, -0.15) is 0 Å². The molecule has 2 rings (SSSR count). The van der Waals surface area contributed by atoms with Crippen LogP contribution in [-0.4, -0.2) is 24.3 Å².